The van der Waals surface area contributed by atoms with Gasteiger partial charge in [-0.1, -0.05) is 13.3 Å². The summed E-state index contributed by atoms with van der Waals surface area (Å²) in [5, 5.41) is 1.98. The first-order chi connectivity index (χ1) is 13.5. The van der Waals surface area contributed by atoms with E-state index in [0.717, 1.165) is 54.9 Å². The van der Waals surface area contributed by atoms with E-state index in [9.17, 15) is 9.59 Å². The van der Waals surface area contributed by atoms with Crippen molar-refractivity contribution in [1.29, 1.82) is 0 Å². The molecular formula is C21H26N4O2S. The lowest BCUT2D eigenvalue weighted by atomic mass is 10.0. The summed E-state index contributed by atoms with van der Waals surface area (Å²) in [6, 6.07) is 2.03. The number of hydrogen-bond acceptors (Lipinski definition) is 5. The van der Waals surface area contributed by atoms with Gasteiger partial charge in [0.1, 0.15) is 5.82 Å². The third-order valence-corrected chi connectivity index (χ3v) is 6.63. The Balaban J connectivity index is 1.44. The van der Waals surface area contributed by atoms with Crippen molar-refractivity contribution in [2.24, 2.45) is 0 Å². The van der Waals surface area contributed by atoms with Crippen molar-refractivity contribution in [1.82, 2.24) is 19.8 Å². The molecule has 0 bridgehead atoms. The Bertz CT molecular complexity index is 894. The molecule has 2 aliphatic heterocycles. The standard InChI is InChI=1S/C21H26N4O2S/c1-3-4-18-9-16(13-28-18)21(27)25-8-6-19-17(12-25)10-22-20(23-19)15-5-7-24(11-15)14(2)26/h9-10,13,15H,3-8,11-12H2,1-2H3/t15-/m0/s1. The average molecular weight is 399 g/mol. The normalized spacial score (nSPS) is 19.0. The second-order valence-corrected chi connectivity index (χ2v) is 8.67. The van der Waals surface area contributed by atoms with Crippen LogP contribution in [0.15, 0.2) is 17.6 Å². The third-order valence-electron chi connectivity index (χ3n) is 5.64. The second kappa shape index (κ2) is 7.99. The summed E-state index contributed by atoms with van der Waals surface area (Å²) < 4.78 is 0. The largest absolute Gasteiger partial charge is 0.342 e. The van der Waals surface area contributed by atoms with Gasteiger partial charge in [0.2, 0.25) is 5.91 Å². The van der Waals surface area contributed by atoms with Gasteiger partial charge in [-0.2, -0.15) is 0 Å². The van der Waals surface area contributed by atoms with Crippen LogP contribution in [0.4, 0.5) is 0 Å². The molecule has 0 aliphatic carbocycles. The number of aromatic nitrogens is 2. The Hall–Kier alpha value is -2.28. The van der Waals surface area contributed by atoms with E-state index >= 15 is 0 Å². The van der Waals surface area contributed by atoms with Crippen LogP contribution in [0.5, 0.6) is 0 Å². The maximum atomic E-state index is 12.9. The van der Waals surface area contributed by atoms with Gasteiger partial charge in [-0.05, 0) is 18.9 Å². The van der Waals surface area contributed by atoms with Crippen LogP contribution in [0.3, 0.4) is 0 Å². The number of rotatable bonds is 4. The van der Waals surface area contributed by atoms with Crippen molar-refractivity contribution in [2.75, 3.05) is 19.6 Å². The van der Waals surface area contributed by atoms with Crippen LogP contribution in [-0.4, -0.2) is 51.2 Å². The van der Waals surface area contributed by atoms with Gasteiger partial charge < -0.3 is 9.80 Å². The zero-order valence-electron chi connectivity index (χ0n) is 16.5. The summed E-state index contributed by atoms with van der Waals surface area (Å²) in [6.45, 7) is 6.50. The number of fused-ring (bicyclic) bond motifs is 1. The van der Waals surface area contributed by atoms with E-state index in [0.29, 0.717) is 19.6 Å². The minimum Gasteiger partial charge on any atom is -0.342 e. The van der Waals surface area contributed by atoms with Gasteiger partial charge in [0, 0.05) is 67.5 Å². The fraction of sp³-hybridized carbons (Fsp3) is 0.524. The maximum absolute atomic E-state index is 12.9. The number of carbonyl (C=O) groups excluding carboxylic acids is 2. The predicted octanol–water partition coefficient (Wildman–Crippen LogP) is 3.02. The molecule has 2 aromatic heterocycles. The van der Waals surface area contributed by atoms with E-state index in [1.165, 1.54) is 4.88 Å². The molecule has 28 heavy (non-hydrogen) atoms. The molecule has 0 aromatic carbocycles. The summed E-state index contributed by atoms with van der Waals surface area (Å²) in [7, 11) is 0. The van der Waals surface area contributed by atoms with Crippen molar-refractivity contribution in [3.05, 3.63) is 45.2 Å². The Morgan fingerprint density at radius 3 is 2.89 bits per heavy atom. The van der Waals surface area contributed by atoms with Crippen LogP contribution in [0.2, 0.25) is 0 Å². The highest BCUT2D eigenvalue weighted by Crippen LogP contribution is 2.27. The van der Waals surface area contributed by atoms with E-state index in [4.69, 9.17) is 4.98 Å². The van der Waals surface area contributed by atoms with Gasteiger partial charge in [0.15, 0.2) is 0 Å². The zero-order chi connectivity index (χ0) is 19.7. The van der Waals surface area contributed by atoms with Crippen LogP contribution in [0, 0.1) is 0 Å². The molecule has 1 fully saturated rings. The van der Waals surface area contributed by atoms with Crippen molar-refractivity contribution >= 4 is 23.2 Å². The van der Waals surface area contributed by atoms with Crippen molar-refractivity contribution in [3.63, 3.8) is 0 Å². The third kappa shape index (κ3) is 3.81. The highest BCUT2D eigenvalue weighted by Gasteiger charge is 2.29. The van der Waals surface area contributed by atoms with Crippen molar-refractivity contribution in [3.8, 4) is 0 Å². The van der Waals surface area contributed by atoms with Crippen molar-refractivity contribution < 1.29 is 9.59 Å². The van der Waals surface area contributed by atoms with Gasteiger partial charge in [0.25, 0.3) is 5.91 Å². The molecule has 0 spiro atoms. The van der Waals surface area contributed by atoms with Gasteiger partial charge in [-0.3, -0.25) is 9.59 Å². The van der Waals surface area contributed by atoms with Crippen molar-refractivity contribution in [2.45, 2.75) is 52.0 Å². The van der Waals surface area contributed by atoms with Crippen LogP contribution >= 0.6 is 11.3 Å². The number of carbonyl (C=O) groups is 2. The molecule has 148 valence electrons. The molecule has 6 nitrogen and oxygen atoms in total. The molecular weight excluding hydrogens is 372 g/mol. The molecule has 4 heterocycles. The molecule has 1 saturated heterocycles. The quantitative estimate of drug-likeness (QED) is 0.794. The molecule has 7 heteroatoms. The molecule has 0 unspecified atom stereocenters. The second-order valence-electron chi connectivity index (χ2n) is 7.68. The minimum atomic E-state index is 0.0984. The predicted molar refractivity (Wildman–Crippen MR) is 108 cm³/mol. The lowest BCUT2D eigenvalue weighted by Crippen LogP contribution is -2.36. The molecule has 2 amide bonds. The lowest BCUT2D eigenvalue weighted by Gasteiger charge is -2.28. The Kier molecular flexibility index (Phi) is 5.44. The van der Waals surface area contributed by atoms with Gasteiger partial charge in [0.05, 0.1) is 11.3 Å². The van der Waals surface area contributed by atoms with Gasteiger partial charge >= 0.3 is 0 Å². The maximum Gasteiger partial charge on any atom is 0.255 e. The first-order valence-electron chi connectivity index (χ1n) is 10.0. The average Bonchev–Trinajstić information content (AvgIpc) is 3.37. The zero-order valence-corrected chi connectivity index (χ0v) is 17.3. The fourth-order valence-corrected chi connectivity index (χ4v) is 4.98. The van der Waals surface area contributed by atoms with Gasteiger partial charge in [-0.25, -0.2) is 9.97 Å². The topological polar surface area (TPSA) is 66.4 Å². The SMILES string of the molecule is CCCc1cc(C(=O)N2CCc3nc([C@H]4CCN(C(C)=O)C4)ncc3C2)cs1. The molecule has 2 aliphatic rings. The fourth-order valence-electron chi connectivity index (χ4n) is 4.01. The summed E-state index contributed by atoms with van der Waals surface area (Å²) in [4.78, 5) is 38.8. The minimum absolute atomic E-state index is 0.0984. The number of hydrogen-bond donors (Lipinski definition) is 0. The summed E-state index contributed by atoms with van der Waals surface area (Å²) in [5.74, 6) is 1.27. The summed E-state index contributed by atoms with van der Waals surface area (Å²) in [6.07, 6.45) is 5.67. The van der Waals surface area contributed by atoms with Crippen LogP contribution in [0.1, 0.15) is 64.9 Å². The molecule has 4 rings (SSSR count). The van der Waals surface area contributed by atoms with Crippen LogP contribution < -0.4 is 0 Å². The summed E-state index contributed by atoms with van der Waals surface area (Å²) in [5.41, 5.74) is 2.88. The molecule has 2 aromatic rings. The summed E-state index contributed by atoms with van der Waals surface area (Å²) >= 11 is 1.67. The smallest absolute Gasteiger partial charge is 0.255 e. The van der Waals surface area contributed by atoms with E-state index < -0.39 is 0 Å². The number of thiophene rings is 1. The van der Waals surface area contributed by atoms with Crippen LogP contribution in [-0.2, 0) is 24.2 Å². The Morgan fingerprint density at radius 2 is 2.14 bits per heavy atom. The monoisotopic (exact) mass is 398 g/mol. The number of likely N-dealkylation sites (tertiary alicyclic amines) is 1. The molecule has 1 atom stereocenters. The number of aryl methyl sites for hydroxylation is 1. The Labute approximate surface area is 169 Å². The Morgan fingerprint density at radius 1 is 1.29 bits per heavy atom. The van der Waals surface area contributed by atoms with Gasteiger partial charge in [-0.15, -0.1) is 11.3 Å². The number of amides is 2. The highest BCUT2D eigenvalue weighted by molar-refractivity contribution is 7.10. The van der Waals surface area contributed by atoms with E-state index in [1.54, 1.807) is 18.3 Å². The van der Waals surface area contributed by atoms with E-state index in [-0.39, 0.29) is 17.7 Å². The molecule has 0 radical (unpaired) electrons. The number of nitrogens with zero attached hydrogens (tertiary/aromatic N) is 4. The lowest BCUT2D eigenvalue weighted by molar-refractivity contribution is -0.127. The molecule has 0 saturated carbocycles. The highest BCUT2D eigenvalue weighted by atomic mass is 32.1. The first kappa shape index (κ1) is 19.1. The van der Waals surface area contributed by atoms with Crippen LogP contribution in [0.25, 0.3) is 0 Å². The van der Waals surface area contributed by atoms with E-state index in [1.807, 2.05) is 27.4 Å². The molecule has 0 N–H and O–H groups in total. The first-order valence-corrected chi connectivity index (χ1v) is 10.9. The van der Waals surface area contributed by atoms with E-state index in [2.05, 4.69) is 11.9 Å².